The summed E-state index contributed by atoms with van der Waals surface area (Å²) in [6, 6.07) is 16.4. The zero-order chi connectivity index (χ0) is 20.1. The topological polar surface area (TPSA) is 128 Å². The van der Waals surface area contributed by atoms with E-state index in [1.54, 1.807) is 48.7 Å². The molecule has 3 rings (SSSR count). The number of pyridine rings is 1. The predicted molar refractivity (Wildman–Crippen MR) is 99.7 cm³/mol. The van der Waals surface area contributed by atoms with Gasteiger partial charge < -0.3 is 5.32 Å². The van der Waals surface area contributed by atoms with Crippen molar-refractivity contribution in [3.8, 4) is 0 Å². The lowest BCUT2D eigenvalue weighted by Crippen LogP contribution is -2.30. The van der Waals surface area contributed by atoms with Crippen LogP contribution in [0.2, 0.25) is 0 Å². The first-order valence-corrected chi connectivity index (χ1v) is 8.16. The van der Waals surface area contributed by atoms with E-state index in [-0.39, 0.29) is 5.56 Å². The van der Waals surface area contributed by atoms with Gasteiger partial charge in [0.1, 0.15) is 0 Å². The van der Waals surface area contributed by atoms with Crippen LogP contribution in [0.4, 0.5) is 11.4 Å². The highest BCUT2D eigenvalue weighted by Gasteiger charge is 2.23. The van der Waals surface area contributed by atoms with Crippen molar-refractivity contribution in [1.29, 1.82) is 0 Å². The Labute approximate surface area is 159 Å². The fraction of sp³-hybridized carbons (Fsp3) is 0.0526. The normalized spacial score (nSPS) is 11.4. The molecule has 0 radical (unpaired) electrons. The molecule has 3 aromatic rings. The number of carbonyl (C=O) groups is 1. The molecule has 1 atom stereocenters. The van der Waals surface area contributed by atoms with Crippen molar-refractivity contribution in [2.45, 2.75) is 6.04 Å². The van der Waals surface area contributed by atoms with Crippen LogP contribution in [0.1, 0.15) is 27.7 Å². The minimum absolute atomic E-state index is 0.183. The number of nitro benzene ring substituents is 2. The standard InChI is InChI=1S/C19H14N4O5/c24-19(14-10-15(22(25)26)12-16(11-14)23(27)28)21-18(13-6-2-1-3-7-13)17-8-4-5-9-20-17/h1-12,18H,(H,21,24). The van der Waals surface area contributed by atoms with Crippen molar-refractivity contribution in [3.05, 3.63) is 110 Å². The van der Waals surface area contributed by atoms with Crippen LogP contribution in [-0.4, -0.2) is 20.7 Å². The highest BCUT2D eigenvalue weighted by Crippen LogP contribution is 2.25. The molecular weight excluding hydrogens is 364 g/mol. The number of aromatic nitrogens is 1. The lowest BCUT2D eigenvalue weighted by Gasteiger charge is -2.19. The third-order valence-corrected chi connectivity index (χ3v) is 3.98. The maximum atomic E-state index is 12.8. The maximum Gasteiger partial charge on any atom is 0.277 e. The molecule has 140 valence electrons. The van der Waals surface area contributed by atoms with Gasteiger partial charge in [0.2, 0.25) is 0 Å². The number of non-ortho nitro benzene ring substituents is 2. The van der Waals surface area contributed by atoms with Crippen LogP contribution in [0.5, 0.6) is 0 Å². The molecule has 0 aliphatic heterocycles. The molecule has 0 saturated heterocycles. The summed E-state index contributed by atoms with van der Waals surface area (Å²) in [5.41, 5.74) is 0.0520. The average Bonchev–Trinajstić information content (AvgIpc) is 2.72. The summed E-state index contributed by atoms with van der Waals surface area (Å²) in [5, 5.41) is 24.9. The molecule has 0 spiro atoms. The Morgan fingerprint density at radius 2 is 1.50 bits per heavy atom. The van der Waals surface area contributed by atoms with Crippen LogP contribution >= 0.6 is 0 Å². The van der Waals surface area contributed by atoms with E-state index in [4.69, 9.17) is 0 Å². The molecule has 0 aliphatic rings. The number of rotatable bonds is 6. The van der Waals surface area contributed by atoms with Gasteiger partial charge in [0.25, 0.3) is 17.3 Å². The maximum absolute atomic E-state index is 12.8. The second-order valence-corrected chi connectivity index (χ2v) is 5.82. The molecule has 0 fully saturated rings. The van der Waals surface area contributed by atoms with Crippen LogP contribution in [0, 0.1) is 20.2 Å². The zero-order valence-electron chi connectivity index (χ0n) is 14.4. The van der Waals surface area contributed by atoms with Crippen molar-refractivity contribution < 1.29 is 14.6 Å². The number of carbonyl (C=O) groups excluding carboxylic acids is 1. The molecule has 0 aliphatic carbocycles. The Balaban J connectivity index is 1.99. The SMILES string of the molecule is O=C(NC(c1ccccc1)c1ccccn1)c1cc([N+](=O)[O-])cc([N+](=O)[O-])c1. The fourth-order valence-corrected chi connectivity index (χ4v) is 2.67. The first-order chi connectivity index (χ1) is 13.5. The first-order valence-electron chi connectivity index (χ1n) is 8.16. The van der Waals surface area contributed by atoms with Crippen LogP contribution in [0.3, 0.4) is 0 Å². The summed E-state index contributed by atoms with van der Waals surface area (Å²) < 4.78 is 0. The van der Waals surface area contributed by atoms with Crippen molar-refractivity contribution in [2.75, 3.05) is 0 Å². The summed E-state index contributed by atoms with van der Waals surface area (Å²) in [5.74, 6) is -0.689. The van der Waals surface area contributed by atoms with Gasteiger partial charge in [-0.3, -0.25) is 30.0 Å². The van der Waals surface area contributed by atoms with E-state index in [2.05, 4.69) is 10.3 Å². The van der Waals surface area contributed by atoms with Crippen molar-refractivity contribution >= 4 is 17.3 Å². The quantitative estimate of drug-likeness (QED) is 0.517. The van der Waals surface area contributed by atoms with Gasteiger partial charge in [-0.1, -0.05) is 36.4 Å². The summed E-state index contributed by atoms with van der Waals surface area (Å²) in [4.78, 5) is 37.6. The Bertz CT molecular complexity index is 953. The molecule has 1 amide bonds. The Morgan fingerprint density at radius 3 is 2.04 bits per heavy atom. The minimum Gasteiger partial charge on any atom is -0.340 e. The second-order valence-electron chi connectivity index (χ2n) is 5.82. The fourth-order valence-electron chi connectivity index (χ4n) is 2.67. The Hall–Kier alpha value is -4.14. The van der Waals surface area contributed by atoms with Gasteiger partial charge in [-0.15, -0.1) is 0 Å². The molecular formula is C19H14N4O5. The lowest BCUT2D eigenvalue weighted by molar-refractivity contribution is -0.394. The second kappa shape index (κ2) is 8.04. The summed E-state index contributed by atoms with van der Waals surface area (Å²) in [7, 11) is 0. The molecule has 0 saturated carbocycles. The van der Waals surface area contributed by atoms with Gasteiger partial charge in [0.05, 0.1) is 33.2 Å². The van der Waals surface area contributed by atoms with Crippen LogP contribution in [-0.2, 0) is 0 Å². The van der Waals surface area contributed by atoms with Crippen molar-refractivity contribution in [2.24, 2.45) is 0 Å². The molecule has 1 aromatic heterocycles. The van der Waals surface area contributed by atoms with E-state index in [1.165, 1.54) is 0 Å². The number of nitrogens with zero attached hydrogens (tertiary/aromatic N) is 3. The number of benzene rings is 2. The third kappa shape index (κ3) is 4.15. The summed E-state index contributed by atoms with van der Waals surface area (Å²) in [6.07, 6.45) is 1.58. The smallest absolute Gasteiger partial charge is 0.277 e. The molecule has 9 nitrogen and oxygen atoms in total. The van der Waals surface area contributed by atoms with E-state index in [0.29, 0.717) is 5.69 Å². The van der Waals surface area contributed by atoms with Crippen LogP contribution in [0.25, 0.3) is 0 Å². The third-order valence-electron chi connectivity index (χ3n) is 3.98. The average molecular weight is 378 g/mol. The van der Waals surface area contributed by atoms with E-state index in [1.807, 2.05) is 6.07 Å². The monoisotopic (exact) mass is 378 g/mol. The van der Waals surface area contributed by atoms with E-state index >= 15 is 0 Å². The number of amides is 1. The van der Waals surface area contributed by atoms with Crippen molar-refractivity contribution in [1.82, 2.24) is 10.3 Å². The van der Waals surface area contributed by atoms with Gasteiger partial charge in [-0.05, 0) is 17.7 Å². The van der Waals surface area contributed by atoms with E-state index < -0.39 is 33.2 Å². The Morgan fingerprint density at radius 1 is 0.893 bits per heavy atom. The molecule has 1 heterocycles. The molecule has 2 aromatic carbocycles. The van der Waals surface area contributed by atoms with Gasteiger partial charge in [-0.2, -0.15) is 0 Å². The molecule has 28 heavy (non-hydrogen) atoms. The van der Waals surface area contributed by atoms with Gasteiger partial charge in [0, 0.05) is 18.3 Å². The molecule has 1 unspecified atom stereocenters. The number of hydrogen-bond acceptors (Lipinski definition) is 6. The molecule has 9 heteroatoms. The Kier molecular flexibility index (Phi) is 5.35. The highest BCUT2D eigenvalue weighted by atomic mass is 16.6. The van der Waals surface area contributed by atoms with Crippen molar-refractivity contribution in [3.63, 3.8) is 0 Å². The first kappa shape index (κ1) is 18.6. The van der Waals surface area contributed by atoms with E-state index in [0.717, 1.165) is 23.8 Å². The largest absolute Gasteiger partial charge is 0.340 e. The number of nitrogens with one attached hydrogen (secondary N) is 1. The number of hydrogen-bond donors (Lipinski definition) is 1. The van der Waals surface area contributed by atoms with Crippen LogP contribution in [0.15, 0.2) is 72.9 Å². The zero-order valence-corrected chi connectivity index (χ0v) is 14.4. The van der Waals surface area contributed by atoms with Gasteiger partial charge in [-0.25, -0.2) is 0 Å². The number of nitro groups is 2. The van der Waals surface area contributed by atoms with Gasteiger partial charge in [0.15, 0.2) is 0 Å². The van der Waals surface area contributed by atoms with E-state index in [9.17, 15) is 25.0 Å². The molecule has 1 N–H and O–H groups in total. The minimum atomic E-state index is -0.781. The van der Waals surface area contributed by atoms with Crippen LogP contribution < -0.4 is 5.32 Å². The summed E-state index contributed by atoms with van der Waals surface area (Å²) in [6.45, 7) is 0. The molecule has 0 bridgehead atoms. The highest BCUT2D eigenvalue weighted by molar-refractivity contribution is 5.96. The predicted octanol–water partition coefficient (Wildman–Crippen LogP) is 3.42. The van der Waals surface area contributed by atoms with Gasteiger partial charge >= 0.3 is 0 Å². The lowest BCUT2D eigenvalue weighted by atomic mass is 10.0. The summed E-state index contributed by atoms with van der Waals surface area (Å²) >= 11 is 0.